The van der Waals surface area contributed by atoms with Crippen LogP contribution in [0.5, 0.6) is 0 Å². The molecule has 0 fully saturated rings. The minimum Gasteiger partial charge on any atom is -0.0512 e. The van der Waals surface area contributed by atoms with Crippen molar-refractivity contribution in [3.05, 3.63) is 95.1 Å². The second kappa shape index (κ2) is 5.96. The molecule has 0 saturated heterocycles. The Kier molecular flexibility index (Phi) is 3.25. The summed E-state index contributed by atoms with van der Waals surface area (Å²) in [5.74, 6) is 0. The highest BCUT2D eigenvalue weighted by molar-refractivity contribution is 6.33. The molecule has 0 bridgehead atoms. The summed E-state index contributed by atoms with van der Waals surface area (Å²) in [7, 11) is 0. The van der Waals surface area contributed by atoms with E-state index in [1.54, 1.807) is 0 Å². The Balaban J connectivity index is 1.40. The Morgan fingerprint density at radius 2 is 0.382 bits per heavy atom. The fourth-order valence-electron chi connectivity index (χ4n) is 6.16. The van der Waals surface area contributed by atoms with Gasteiger partial charge in [0.1, 0.15) is 0 Å². The molecule has 0 nitrogen and oxygen atoms in total. The van der Waals surface area contributed by atoms with Crippen LogP contribution in [0.2, 0.25) is 0 Å². The third-order valence-corrected chi connectivity index (χ3v) is 8.45. The van der Waals surface area contributed by atoms with Crippen molar-refractivity contribution >= 4 is 75.4 Å². The van der Waals surface area contributed by atoms with E-state index >= 15 is 0 Å². The van der Waals surface area contributed by atoms with Gasteiger partial charge >= 0.3 is 0 Å². The zero-order valence-corrected chi connectivity index (χ0v) is 19.9. The molecule has 0 saturated carbocycles. The summed E-state index contributed by atoms with van der Waals surface area (Å²) in [6, 6.07) is 28.5. The quantitative estimate of drug-likeness (QED) is 0.224. The molecular formula is C34H24. The van der Waals surface area contributed by atoms with Crippen LogP contribution in [0.15, 0.2) is 72.8 Å². The smallest absolute Gasteiger partial charge is 0.00923 e. The third-order valence-electron chi connectivity index (χ3n) is 8.45. The van der Waals surface area contributed by atoms with Gasteiger partial charge in [-0.1, -0.05) is 24.3 Å². The molecule has 0 spiro atoms. The van der Waals surface area contributed by atoms with Gasteiger partial charge in [0.25, 0.3) is 0 Å². The molecular weight excluding hydrogens is 408 g/mol. The van der Waals surface area contributed by atoms with E-state index < -0.39 is 0 Å². The molecule has 0 N–H and O–H groups in total. The third kappa shape index (κ3) is 2.23. The zero-order chi connectivity index (χ0) is 22.9. The summed E-state index contributed by atoms with van der Waals surface area (Å²) in [5, 5.41) is 19.2. The van der Waals surface area contributed by atoms with E-state index in [1.165, 1.54) is 97.7 Å². The molecule has 0 aromatic heterocycles. The molecule has 8 aromatic carbocycles. The summed E-state index contributed by atoms with van der Waals surface area (Å²) in [6.07, 6.45) is 0. The second-order valence-electron chi connectivity index (χ2n) is 10.5. The van der Waals surface area contributed by atoms with E-state index in [4.69, 9.17) is 0 Å². The highest BCUT2D eigenvalue weighted by atomic mass is 14.2. The van der Waals surface area contributed by atoms with Crippen LogP contribution in [0.3, 0.4) is 0 Å². The Morgan fingerprint density at radius 1 is 0.235 bits per heavy atom. The fourth-order valence-corrected chi connectivity index (χ4v) is 6.16. The van der Waals surface area contributed by atoms with E-state index in [1.807, 2.05) is 0 Å². The molecule has 34 heavy (non-hydrogen) atoms. The minimum absolute atomic E-state index is 1.34. The molecule has 0 aliphatic rings. The maximum absolute atomic E-state index is 2.41. The van der Waals surface area contributed by atoms with Crippen LogP contribution in [0.4, 0.5) is 0 Å². The maximum Gasteiger partial charge on any atom is -0.00923 e. The first-order valence-electron chi connectivity index (χ1n) is 12.2. The number of fused-ring (bicyclic) bond motifs is 11. The normalized spacial score (nSPS) is 12.7. The van der Waals surface area contributed by atoms with Crippen molar-refractivity contribution in [1.29, 1.82) is 0 Å². The van der Waals surface area contributed by atoms with Crippen LogP contribution in [-0.2, 0) is 0 Å². The number of benzene rings is 6. The summed E-state index contributed by atoms with van der Waals surface area (Å²) in [4.78, 5) is 0. The summed E-state index contributed by atoms with van der Waals surface area (Å²) < 4.78 is 0. The number of rotatable bonds is 0. The van der Waals surface area contributed by atoms with Gasteiger partial charge in [-0.05, 0) is 174 Å². The van der Waals surface area contributed by atoms with Crippen molar-refractivity contribution in [3.63, 3.8) is 0 Å². The largest absolute Gasteiger partial charge is 0.0512 e. The van der Waals surface area contributed by atoms with E-state index in [0.717, 1.165) is 0 Å². The number of aryl methyl sites for hydroxylation is 4. The molecule has 0 aliphatic carbocycles. The lowest BCUT2D eigenvalue weighted by molar-refractivity contribution is 1.37. The highest BCUT2D eigenvalue weighted by Gasteiger charge is 2.16. The predicted molar refractivity (Wildman–Crippen MR) is 150 cm³/mol. The lowest BCUT2D eigenvalue weighted by atomic mass is 9.85. The highest BCUT2D eigenvalue weighted by Crippen LogP contribution is 2.44. The molecule has 8 rings (SSSR count). The summed E-state index contributed by atoms with van der Waals surface area (Å²) in [6.45, 7) is 8.82. The Labute approximate surface area is 198 Å². The average Bonchev–Trinajstić information content (AvgIpc) is 2.82. The van der Waals surface area contributed by atoms with Gasteiger partial charge in [0.2, 0.25) is 0 Å². The molecule has 0 amide bonds. The molecule has 0 heteroatoms. The van der Waals surface area contributed by atoms with Crippen LogP contribution < -0.4 is 0 Å². The molecule has 8 aromatic rings. The predicted octanol–water partition coefficient (Wildman–Crippen LogP) is 9.87. The van der Waals surface area contributed by atoms with Gasteiger partial charge in [-0.25, -0.2) is 0 Å². The maximum atomic E-state index is 2.41. The Morgan fingerprint density at radius 3 is 0.559 bits per heavy atom. The fraction of sp³-hybridized carbons (Fsp3) is 0.118. The molecule has 0 heterocycles. The minimum atomic E-state index is 1.34. The van der Waals surface area contributed by atoms with E-state index in [9.17, 15) is 0 Å². The van der Waals surface area contributed by atoms with E-state index in [-0.39, 0.29) is 0 Å². The van der Waals surface area contributed by atoms with E-state index in [0.29, 0.717) is 0 Å². The monoisotopic (exact) mass is 432 g/mol. The van der Waals surface area contributed by atoms with Gasteiger partial charge in [0.15, 0.2) is 0 Å². The Bertz CT molecular complexity index is 1840. The molecule has 0 unspecified atom stereocenters. The van der Waals surface area contributed by atoms with Gasteiger partial charge in [-0.15, -0.1) is 0 Å². The van der Waals surface area contributed by atoms with Gasteiger partial charge in [0.05, 0.1) is 0 Å². The second-order valence-corrected chi connectivity index (χ2v) is 10.5. The van der Waals surface area contributed by atoms with Crippen LogP contribution in [0.25, 0.3) is 75.4 Å². The van der Waals surface area contributed by atoms with Gasteiger partial charge in [0, 0.05) is 0 Å². The van der Waals surface area contributed by atoms with Crippen molar-refractivity contribution in [1.82, 2.24) is 0 Å². The number of hydrogen-bond acceptors (Lipinski definition) is 0. The van der Waals surface area contributed by atoms with Crippen molar-refractivity contribution < 1.29 is 0 Å². The van der Waals surface area contributed by atoms with Gasteiger partial charge in [-0.3, -0.25) is 0 Å². The molecule has 0 aliphatic heterocycles. The Hall–Kier alpha value is -3.90. The molecule has 160 valence electrons. The van der Waals surface area contributed by atoms with Gasteiger partial charge < -0.3 is 0 Å². The first-order chi connectivity index (χ1) is 16.4. The summed E-state index contributed by atoms with van der Waals surface area (Å²) in [5.41, 5.74) is 5.45. The molecule has 0 atom stereocenters. The lowest BCUT2D eigenvalue weighted by Gasteiger charge is -2.18. The molecule has 0 radical (unpaired) electrons. The number of hydrogen-bond donors (Lipinski definition) is 0. The first kappa shape index (κ1) is 18.5. The van der Waals surface area contributed by atoms with Gasteiger partial charge in [-0.2, -0.15) is 0 Å². The van der Waals surface area contributed by atoms with E-state index in [2.05, 4.69) is 100 Å². The van der Waals surface area contributed by atoms with Crippen LogP contribution in [0.1, 0.15) is 22.3 Å². The topological polar surface area (TPSA) is 0 Å². The average molecular weight is 433 g/mol. The first-order valence-corrected chi connectivity index (χ1v) is 12.2. The standard InChI is InChI=1S/C34H24/c1-17-5-21-9-27-28(10-22(21)6-18(17)2)32-14-26-16-34-30-12-24-8-20(4)19(3)7-23(24)11-29(30)33(34)15-25(26)13-31(27)32/h5-16H,1-4H3. The van der Waals surface area contributed by atoms with Crippen molar-refractivity contribution in [2.75, 3.05) is 0 Å². The van der Waals surface area contributed by atoms with Crippen LogP contribution in [0, 0.1) is 27.7 Å². The van der Waals surface area contributed by atoms with Crippen molar-refractivity contribution in [2.45, 2.75) is 27.7 Å². The lowest BCUT2D eigenvalue weighted by Crippen LogP contribution is -1.91. The van der Waals surface area contributed by atoms with Crippen LogP contribution in [-0.4, -0.2) is 0 Å². The van der Waals surface area contributed by atoms with Crippen molar-refractivity contribution in [3.8, 4) is 0 Å². The summed E-state index contributed by atoms with van der Waals surface area (Å²) >= 11 is 0. The zero-order valence-electron chi connectivity index (χ0n) is 19.9. The SMILES string of the molecule is Cc1cc2cc3c(cc2cc1C)c1cc2cc4c5cc6cc(C)c(C)cc6cc5c4cc2cc31. The van der Waals surface area contributed by atoms with Crippen molar-refractivity contribution in [2.24, 2.45) is 0 Å². The van der Waals surface area contributed by atoms with Crippen LogP contribution >= 0.6 is 0 Å².